The summed E-state index contributed by atoms with van der Waals surface area (Å²) in [7, 11) is 1.53. The number of benzene rings is 3. The molecule has 1 saturated heterocycles. The molecular formula is C28H25N3O4. The van der Waals surface area contributed by atoms with Crippen molar-refractivity contribution in [2.75, 3.05) is 23.5 Å². The van der Waals surface area contributed by atoms with Crippen LogP contribution in [0, 0.1) is 0 Å². The number of carbonyl (C=O) groups excluding carboxylic acids is 3. The van der Waals surface area contributed by atoms with Crippen molar-refractivity contribution in [3.8, 4) is 5.75 Å². The van der Waals surface area contributed by atoms with Crippen molar-refractivity contribution >= 4 is 35.3 Å². The first-order valence-corrected chi connectivity index (χ1v) is 11.5. The fraction of sp³-hybridized carbons (Fsp3) is 0.179. The van der Waals surface area contributed by atoms with E-state index in [1.54, 1.807) is 30.3 Å². The van der Waals surface area contributed by atoms with Crippen molar-refractivity contribution in [1.29, 1.82) is 0 Å². The van der Waals surface area contributed by atoms with Crippen LogP contribution < -0.4 is 19.9 Å². The number of barbiturate groups is 1. The van der Waals surface area contributed by atoms with Gasteiger partial charge in [-0.05, 0) is 72.0 Å². The molecule has 5 rings (SSSR count). The van der Waals surface area contributed by atoms with E-state index in [2.05, 4.69) is 22.3 Å². The summed E-state index contributed by atoms with van der Waals surface area (Å²) in [6.45, 7) is 1.80. The fourth-order valence-corrected chi connectivity index (χ4v) is 4.54. The van der Waals surface area contributed by atoms with Gasteiger partial charge in [-0.3, -0.25) is 14.9 Å². The number of nitrogens with one attached hydrogen (secondary N) is 1. The molecular weight excluding hydrogens is 442 g/mol. The smallest absolute Gasteiger partial charge is 0.335 e. The Hall–Kier alpha value is -4.39. The van der Waals surface area contributed by atoms with Gasteiger partial charge >= 0.3 is 6.03 Å². The summed E-state index contributed by atoms with van der Waals surface area (Å²) in [4.78, 5) is 41.5. The van der Waals surface area contributed by atoms with Crippen LogP contribution in [-0.2, 0) is 22.6 Å². The Labute approximate surface area is 203 Å². The molecule has 0 saturated carbocycles. The van der Waals surface area contributed by atoms with Gasteiger partial charge in [-0.2, -0.15) is 0 Å². The van der Waals surface area contributed by atoms with E-state index in [1.807, 2.05) is 36.4 Å². The van der Waals surface area contributed by atoms with Crippen LogP contribution in [0.4, 0.5) is 16.2 Å². The van der Waals surface area contributed by atoms with Crippen LogP contribution in [0.1, 0.15) is 23.1 Å². The van der Waals surface area contributed by atoms with Crippen LogP contribution in [0.25, 0.3) is 6.08 Å². The first-order chi connectivity index (χ1) is 17.0. The zero-order valence-corrected chi connectivity index (χ0v) is 19.4. The lowest BCUT2D eigenvalue weighted by atomic mass is 9.97. The van der Waals surface area contributed by atoms with Crippen LogP contribution >= 0.6 is 0 Å². The highest BCUT2D eigenvalue weighted by Gasteiger charge is 2.36. The van der Waals surface area contributed by atoms with Crippen molar-refractivity contribution in [3.05, 3.63) is 95.1 Å². The number of aryl methyl sites for hydroxylation is 1. The van der Waals surface area contributed by atoms with Gasteiger partial charge in [-0.1, -0.05) is 36.4 Å². The Morgan fingerprint density at radius 2 is 1.74 bits per heavy atom. The number of imide groups is 2. The number of nitrogens with zero attached hydrogens (tertiary/aromatic N) is 2. The van der Waals surface area contributed by atoms with Crippen LogP contribution in [0.2, 0.25) is 0 Å². The van der Waals surface area contributed by atoms with E-state index in [9.17, 15) is 14.4 Å². The topological polar surface area (TPSA) is 79.0 Å². The Kier molecular flexibility index (Phi) is 6.06. The van der Waals surface area contributed by atoms with E-state index in [4.69, 9.17) is 4.74 Å². The Balaban J connectivity index is 1.42. The molecule has 0 aliphatic carbocycles. The predicted octanol–water partition coefficient (Wildman–Crippen LogP) is 4.31. The molecule has 7 heteroatoms. The highest BCUT2D eigenvalue weighted by molar-refractivity contribution is 6.39. The van der Waals surface area contributed by atoms with Crippen LogP contribution in [-0.4, -0.2) is 31.5 Å². The van der Waals surface area contributed by atoms with E-state index in [0.29, 0.717) is 11.4 Å². The van der Waals surface area contributed by atoms with Gasteiger partial charge in [-0.25, -0.2) is 9.69 Å². The van der Waals surface area contributed by atoms with Gasteiger partial charge in [0.05, 0.1) is 12.8 Å². The van der Waals surface area contributed by atoms with Crippen molar-refractivity contribution in [2.45, 2.75) is 19.4 Å². The van der Waals surface area contributed by atoms with Crippen LogP contribution in [0.15, 0.2) is 78.4 Å². The minimum Gasteiger partial charge on any atom is -0.497 e. The first kappa shape index (κ1) is 22.4. The Bertz CT molecular complexity index is 1320. The molecule has 4 amide bonds. The summed E-state index contributed by atoms with van der Waals surface area (Å²) in [5.74, 6) is -0.763. The first-order valence-electron chi connectivity index (χ1n) is 11.5. The third-order valence-electron chi connectivity index (χ3n) is 6.28. The number of carbonyl (C=O) groups is 3. The number of rotatable bonds is 5. The summed E-state index contributed by atoms with van der Waals surface area (Å²) in [5.41, 5.74) is 4.60. The maximum atomic E-state index is 13.2. The van der Waals surface area contributed by atoms with E-state index < -0.39 is 17.8 Å². The second-order valence-corrected chi connectivity index (χ2v) is 8.55. The van der Waals surface area contributed by atoms with Crippen molar-refractivity contribution < 1.29 is 19.1 Å². The molecule has 1 fully saturated rings. The zero-order chi connectivity index (χ0) is 24.4. The van der Waals surface area contributed by atoms with Crippen molar-refractivity contribution in [2.24, 2.45) is 0 Å². The van der Waals surface area contributed by atoms with E-state index in [1.165, 1.54) is 18.2 Å². The van der Waals surface area contributed by atoms with Crippen molar-refractivity contribution in [1.82, 2.24) is 5.32 Å². The van der Waals surface area contributed by atoms with Crippen molar-refractivity contribution in [3.63, 3.8) is 0 Å². The van der Waals surface area contributed by atoms with E-state index >= 15 is 0 Å². The largest absolute Gasteiger partial charge is 0.497 e. The van der Waals surface area contributed by atoms with Gasteiger partial charge in [0.2, 0.25) is 0 Å². The number of anilines is 2. The minimum atomic E-state index is -0.774. The quantitative estimate of drug-likeness (QED) is 0.447. The minimum absolute atomic E-state index is 0.0858. The van der Waals surface area contributed by atoms with Gasteiger partial charge in [0.15, 0.2) is 0 Å². The highest BCUT2D eigenvalue weighted by Crippen LogP contribution is 2.31. The molecule has 0 atom stereocenters. The van der Waals surface area contributed by atoms with E-state index in [0.717, 1.165) is 42.1 Å². The lowest BCUT2D eigenvalue weighted by Crippen LogP contribution is -2.54. The average Bonchev–Trinajstić information content (AvgIpc) is 2.87. The number of hydrogen-bond acceptors (Lipinski definition) is 5. The molecule has 0 radical (unpaired) electrons. The third kappa shape index (κ3) is 4.53. The van der Waals surface area contributed by atoms with Gasteiger partial charge in [-0.15, -0.1) is 0 Å². The lowest BCUT2D eigenvalue weighted by molar-refractivity contribution is -0.122. The summed E-state index contributed by atoms with van der Waals surface area (Å²) < 4.78 is 5.14. The monoisotopic (exact) mass is 467 g/mol. The molecule has 176 valence electrons. The van der Waals surface area contributed by atoms with Gasteiger partial charge < -0.3 is 9.64 Å². The van der Waals surface area contributed by atoms with Gasteiger partial charge in [0, 0.05) is 18.8 Å². The number of fused-ring (bicyclic) bond motifs is 1. The predicted molar refractivity (Wildman–Crippen MR) is 134 cm³/mol. The average molecular weight is 468 g/mol. The van der Waals surface area contributed by atoms with Gasteiger partial charge in [0.25, 0.3) is 11.8 Å². The molecule has 1 N–H and O–H groups in total. The Morgan fingerprint density at radius 3 is 2.49 bits per heavy atom. The molecule has 35 heavy (non-hydrogen) atoms. The molecule has 2 aliphatic rings. The number of amides is 4. The fourth-order valence-electron chi connectivity index (χ4n) is 4.54. The molecule has 0 spiro atoms. The highest BCUT2D eigenvalue weighted by atomic mass is 16.5. The molecule has 3 aromatic carbocycles. The second-order valence-electron chi connectivity index (χ2n) is 8.55. The van der Waals surface area contributed by atoms with E-state index in [-0.39, 0.29) is 5.57 Å². The Morgan fingerprint density at radius 1 is 0.971 bits per heavy atom. The standard InChI is InChI=1S/C28H25N3O4/c1-35-23-12-10-22(11-13-23)31-27(33)24(26(32)29-28(31)34)17-20-9-14-25-21(16-20)8-5-15-30(25)18-19-6-3-2-4-7-19/h2-4,6-7,9-14,16-17H,5,8,15,18H2,1H3,(H,29,32,34). The molecule has 2 heterocycles. The zero-order valence-electron chi connectivity index (χ0n) is 19.4. The SMILES string of the molecule is COc1ccc(N2C(=O)NC(=O)C(=Cc3ccc4c(c3)CCCN4Cc3ccccc3)C2=O)cc1. The lowest BCUT2D eigenvalue weighted by Gasteiger charge is -2.32. The number of ether oxygens (including phenoxy) is 1. The number of urea groups is 1. The van der Waals surface area contributed by atoms with Crippen LogP contribution in [0.3, 0.4) is 0 Å². The normalized spacial score (nSPS) is 16.8. The molecule has 0 unspecified atom stereocenters. The molecule has 2 aliphatic heterocycles. The number of methoxy groups -OCH3 is 1. The molecule has 3 aromatic rings. The molecule has 7 nitrogen and oxygen atoms in total. The summed E-state index contributed by atoms with van der Waals surface area (Å²) >= 11 is 0. The molecule has 0 aromatic heterocycles. The van der Waals surface area contributed by atoms with Gasteiger partial charge in [0.1, 0.15) is 11.3 Å². The summed E-state index contributed by atoms with van der Waals surface area (Å²) in [6.07, 6.45) is 3.50. The second kappa shape index (κ2) is 9.46. The summed E-state index contributed by atoms with van der Waals surface area (Å²) in [6, 6.07) is 22.0. The maximum absolute atomic E-state index is 13.2. The maximum Gasteiger partial charge on any atom is 0.335 e. The number of hydrogen-bond donors (Lipinski definition) is 1. The summed E-state index contributed by atoms with van der Waals surface area (Å²) in [5, 5.41) is 2.27. The molecule has 0 bridgehead atoms. The third-order valence-corrected chi connectivity index (χ3v) is 6.28. The van der Waals surface area contributed by atoms with Crippen LogP contribution in [0.5, 0.6) is 5.75 Å².